The maximum absolute atomic E-state index is 11.2. The monoisotopic (exact) mass is 202 g/mol. The summed E-state index contributed by atoms with van der Waals surface area (Å²) in [5.74, 6) is 1.02. The number of para-hydroxylation sites is 1. The van der Waals surface area contributed by atoms with Gasteiger partial charge in [0.25, 0.3) is 0 Å². The molecule has 2 rings (SSSR count). The molecule has 0 atom stereocenters. The first-order chi connectivity index (χ1) is 7.22. The van der Waals surface area contributed by atoms with Gasteiger partial charge < -0.3 is 4.74 Å². The van der Waals surface area contributed by atoms with Crippen LogP contribution < -0.4 is 4.74 Å². The van der Waals surface area contributed by atoms with Crippen molar-refractivity contribution in [2.24, 2.45) is 0 Å². The molecule has 78 valence electrons. The molecule has 15 heavy (non-hydrogen) atoms. The number of hydrogen-bond donors (Lipinski definition) is 0. The standard InChI is InChI=1S/C13H14O2/c1-3-10-5-4-6-11-7-12(9(2)14)8-15-13(10)11/h4-7H,3,8H2,1-2H3. The molecule has 1 aliphatic rings. The summed E-state index contributed by atoms with van der Waals surface area (Å²) >= 11 is 0. The molecular formula is C13H14O2. The third-order valence-corrected chi connectivity index (χ3v) is 2.66. The van der Waals surface area contributed by atoms with Crippen LogP contribution in [-0.2, 0) is 11.2 Å². The van der Waals surface area contributed by atoms with E-state index in [1.807, 2.05) is 18.2 Å². The molecule has 0 N–H and O–H groups in total. The SMILES string of the molecule is CCc1cccc2c1OCC(C(C)=O)=C2. The van der Waals surface area contributed by atoms with Crippen molar-refractivity contribution in [3.63, 3.8) is 0 Å². The van der Waals surface area contributed by atoms with Crippen molar-refractivity contribution in [3.05, 3.63) is 34.9 Å². The Kier molecular flexibility index (Phi) is 2.58. The van der Waals surface area contributed by atoms with Gasteiger partial charge in [0, 0.05) is 11.1 Å². The van der Waals surface area contributed by atoms with Crippen LogP contribution >= 0.6 is 0 Å². The zero-order chi connectivity index (χ0) is 10.8. The Morgan fingerprint density at radius 3 is 2.93 bits per heavy atom. The van der Waals surface area contributed by atoms with Crippen LogP contribution in [-0.4, -0.2) is 12.4 Å². The second-order valence-electron chi connectivity index (χ2n) is 3.70. The Balaban J connectivity index is 2.48. The summed E-state index contributed by atoms with van der Waals surface area (Å²) in [6, 6.07) is 6.04. The van der Waals surface area contributed by atoms with Gasteiger partial charge in [-0.1, -0.05) is 25.1 Å². The first-order valence-corrected chi connectivity index (χ1v) is 5.18. The number of rotatable bonds is 2. The zero-order valence-electron chi connectivity index (χ0n) is 9.04. The van der Waals surface area contributed by atoms with E-state index in [1.165, 1.54) is 5.56 Å². The fourth-order valence-corrected chi connectivity index (χ4v) is 1.76. The van der Waals surface area contributed by atoms with Crippen molar-refractivity contribution >= 4 is 11.9 Å². The topological polar surface area (TPSA) is 26.3 Å². The van der Waals surface area contributed by atoms with Crippen LogP contribution in [0.1, 0.15) is 25.0 Å². The van der Waals surface area contributed by atoms with E-state index in [1.54, 1.807) is 6.92 Å². The number of ether oxygens (including phenoxy) is 1. The van der Waals surface area contributed by atoms with Crippen molar-refractivity contribution in [2.45, 2.75) is 20.3 Å². The number of carbonyl (C=O) groups is 1. The molecule has 1 aromatic rings. The van der Waals surface area contributed by atoms with Gasteiger partial charge in [0.2, 0.25) is 0 Å². The van der Waals surface area contributed by atoms with Crippen LogP contribution in [0.4, 0.5) is 0 Å². The number of ketones is 1. The number of fused-ring (bicyclic) bond motifs is 1. The summed E-state index contributed by atoms with van der Waals surface area (Å²) in [5.41, 5.74) is 2.97. The van der Waals surface area contributed by atoms with Gasteiger partial charge in [-0.3, -0.25) is 4.79 Å². The minimum atomic E-state index is 0.0857. The summed E-state index contributed by atoms with van der Waals surface area (Å²) in [6.07, 6.45) is 2.88. The van der Waals surface area contributed by atoms with Crippen LogP contribution in [0, 0.1) is 0 Å². The molecule has 1 aromatic carbocycles. The van der Waals surface area contributed by atoms with E-state index in [-0.39, 0.29) is 5.78 Å². The Labute approximate surface area is 89.6 Å². The first kappa shape index (κ1) is 9.97. The van der Waals surface area contributed by atoms with Crippen LogP contribution in [0.5, 0.6) is 5.75 Å². The highest BCUT2D eigenvalue weighted by Gasteiger charge is 2.16. The number of benzene rings is 1. The van der Waals surface area contributed by atoms with Gasteiger partial charge in [0.05, 0.1) is 0 Å². The Hall–Kier alpha value is -1.57. The predicted molar refractivity (Wildman–Crippen MR) is 60.0 cm³/mol. The molecule has 1 heterocycles. The molecule has 0 unspecified atom stereocenters. The number of hydrogen-bond acceptors (Lipinski definition) is 2. The molecule has 0 aliphatic carbocycles. The van der Waals surface area contributed by atoms with Gasteiger partial charge in [-0.15, -0.1) is 0 Å². The molecule has 2 nitrogen and oxygen atoms in total. The lowest BCUT2D eigenvalue weighted by atomic mass is 10.0. The quantitative estimate of drug-likeness (QED) is 0.736. The van der Waals surface area contributed by atoms with Crippen molar-refractivity contribution < 1.29 is 9.53 Å². The van der Waals surface area contributed by atoms with Crippen molar-refractivity contribution in [3.8, 4) is 5.75 Å². The summed E-state index contributed by atoms with van der Waals surface area (Å²) in [6.45, 7) is 4.08. The van der Waals surface area contributed by atoms with Gasteiger partial charge in [0.1, 0.15) is 12.4 Å². The number of aryl methyl sites for hydroxylation is 1. The van der Waals surface area contributed by atoms with Gasteiger partial charge in [-0.2, -0.15) is 0 Å². The van der Waals surface area contributed by atoms with Gasteiger partial charge in [-0.05, 0) is 25.0 Å². The lowest BCUT2D eigenvalue weighted by Crippen LogP contribution is -2.13. The molecule has 0 saturated heterocycles. The van der Waals surface area contributed by atoms with Gasteiger partial charge in [-0.25, -0.2) is 0 Å². The Bertz CT molecular complexity index is 430. The first-order valence-electron chi connectivity index (χ1n) is 5.18. The third kappa shape index (κ3) is 1.80. The van der Waals surface area contributed by atoms with Crippen molar-refractivity contribution in [2.75, 3.05) is 6.61 Å². The lowest BCUT2D eigenvalue weighted by Gasteiger charge is -2.19. The van der Waals surface area contributed by atoms with E-state index in [0.717, 1.165) is 23.3 Å². The summed E-state index contributed by atoms with van der Waals surface area (Å²) < 4.78 is 5.63. The fourth-order valence-electron chi connectivity index (χ4n) is 1.76. The van der Waals surface area contributed by atoms with E-state index in [0.29, 0.717) is 6.61 Å². The average Bonchev–Trinajstić information content (AvgIpc) is 2.27. The third-order valence-electron chi connectivity index (χ3n) is 2.66. The molecule has 0 bridgehead atoms. The molecule has 2 heteroatoms. The molecule has 0 fully saturated rings. The van der Waals surface area contributed by atoms with Crippen LogP contribution in [0.15, 0.2) is 23.8 Å². The molecule has 0 spiro atoms. The molecule has 0 radical (unpaired) electrons. The average molecular weight is 202 g/mol. The number of Topliss-reactive ketones (excluding diaryl/α,β-unsaturated/α-hetero) is 1. The van der Waals surface area contributed by atoms with Crippen molar-refractivity contribution in [1.82, 2.24) is 0 Å². The maximum atomic E-state index is 11.2. The highest BCUT2D eigenvalue weighted by molar-refractivity contribution is 5.99. The van der Waals surface area contributed by atoms with Gasteiger partial charge >= 0.3 is 0 Å². The van der Waals surface area contributed by atoms with E-state index in [9.17, 15) is 4.79 Å². The van der Waals surface area contributed by atoms with Gasteiger partial charge in [0.15, 0.2) is 5.78 Å². The minimum absolute atomic E-state index is 0.0857. The molecule has 0 saturated carbocycles. The highest BCUT2D eigenvalue weighted by atomic mass is 16.5. The largest absolute Gasteiger partial charge is 0.488 e. The van der Waals surface area contributed by atoms with E-state index in [4.69, 9.17) is 4.74 Å². The fraction of sp³-hybridized carbons (Fsp3) is 0.308. The Morgan fingerprint density at radius 2 is 2.27 bits per heavy atom. The van der Waals surface area contributed by atoms with Crippen molar-refractivity contribution in [1.29, 1.82) is 0 Å². The number of carbonyl (C=O) groups excluding carboxylic acids is 1. The lowest BCUT2D eigenvalue weighted by molar-refractivity contribution is -0.113. The second-order valence-corrected chi connectivity index (χ2v) is 3.70. The Morgan fingerprint density at radius 1 is 1.47 bits per heavy atom. The summed E-state index contributed by atoms with van der Waals surface area (Å²) in [5, 5.41) is 0. The minimum Gasteiger partial charge on any atom is -0.488 e. The van der Waals surface area contributed by atoms with E-state index < -0.39 is 0 Å². The molecule has 0 amide bonds. The maximum Gasteiger partial charge on any atom is 0.159 e. The van der Waals surface area contributed by atoms with Crippen LogP contribution in [0.3, 0.4) is 0 Å². The van der Waals surface area contributed by atoms with Crippen LogP contribution in [0.25, 0.3) is 6.08 Å². The molecular weight excluding hydrogens is 188 g/mol. The molecule has 1 aliphatic heterocycles. The van der Waals surface area contributed by atoms with E-state index >= 15 is 0 Å². The van der Waals surface area contributed by atoms with Crippen LogP contribution in [0.2, 0.25) is 0 Å². The second kappa shape index (κ2) is 3.89. The zero-order valence-corrected chi connectivity index (χ0v) is 9.04. The predicted octanol–water partition coefficient (Wildman–Crippen LogP) is 2.61. The summed E-state index contributed by atoms with van der Waals surface area (Å²) in [4.78, 5) is 11.2. The molecule has 0 aromatic heterocycles. The smallest absolute Gasteiger partial charge is 0.159 e. The van der Waals surface area contributed by atoms with E-state index in [2.05, 4.69) is 13.0 Å². The normalized spacial score (nSPS) is 13.9. The summed E-state index contributed by atoms with van der Waals surface area (Å²) in [7, 11) is 0. The highest BCUT2D eigenvalue weighted by Crippen LogP contribution is 2.30.